The molecular formula is C83H102BCl3N13O6-. The number of piperazine rings is 3. The first-order chi connectivity index (χ1) is 51.4. The van der Waals surface area contributed by atoms with E-state index in [0.717, 1.165) is 163 Å². The van der Waals surface area contributed by atoms with Crippen LogP contribution in [0.3, 0.4) is 0 Å². The number of hydrogen-bond acceptors (Lipinski definition) is 14. The number of aliphatic imine (C=N–C) groups is 1. The highest BCUT2D eigenvalue weighted by molar-refractivity contribution is 6.55. The third kappa shape index (κ3) is 18.7. The van der Waals surface area contributed by atoms with E-state index in [1.807, 2.05) is 69.7 Å². The smallest absolute Gasteiger partial charge is 0.246 e. The second-order valence-corrected chi connectivity index (χ2v) is 32.0. The number of fused-ring (bicyclic) bond motifs is 6. The Morgan fingerprint density at radius 2 is 0.745 bits per heavy atom. The number of carbonyl (C=O) groups excluding carboxylic acids is 5. The Kier molecular flexibility index (Phi) is 26.0. The normalized spacial score (nSPS) is 22.0. The van der Waals surface area contributed by atoms with E-state index in [1.165, 1.54) is 87.9 Å². The SMILES string of the molecule is C[C@H](N)C(=O)N1CCC(CC(=O)N2CCN(C3c4ccc(Cl)cc4CCc4cccnc43)CC2)CC1.O=C(CC1CCCCC1)N1CCN(C2c3ccc(Cl)cc3CCc3cccnc32)CC1.[B]C([O-])=N[C@@H](C)C(=O)N1CCC(CC(=O)N2CCN(C3c4ccc(Cl)cc4CCc4cccnc43)CC2)CC1. The Bertz CT molecular complexity index is 4100. The minimum Gasteiger partial charge on any atom is -0.870 e. The first kappa shape index (κ1) is 76.9. The van der Waals surface area contributed by atoms with Crippen molar-refractivity contribution in [2.75, 3.05) is 105 Å². The number of nitrogens with two attached hydrogens (primary N) is 1. The molecule has 6 aromatic rings. The summed E-state index contributed by atoms with van der Waals surface area (Å²) in [5.74, 6) is 0.958. The number of piperidine rings is 2. The summed E-state index contributed by atoms with van der Waals surface area (Å²) in [4.78, 5) is 99.1. The maximum atomic E-state index is 13.2. The predicted octanol–water partition coefficient (Wildman–Crippen LogP) is 10.0. The molecule has 19 nitrogen and oxygen atoms in total. The standard InChI is InChI=1S/C29H35BClN5O3.C28H36ClN5O2.C26H32ClN3O/c1-19(33-29(30)39)28(38)36-11-8-20(9-12-36)17-25(37)34-13-15-35(16-14-34)27-24-7-6-23(31)18-22(24)5-4-21-3-2-10-32-26(21)27;1-19(30)28(36)34-11-8-20(9-12-34)17-25(35)32-13-15-33(16-14-32)27-24-7-6-23(29)18-22(24)5-4-21-3-2-10-31-26(21)27;27-22-10-11-23-21(18-22)9-8-20-7-4-12-28-25(20)26(23)30-15-13-29(14-16-30)24(31)17-19-5-2-1-3-6-19/h2-3,6-7,10,18-20,27H,4-5,8-9,11-17H2,1H3,(H,33,39);2-3,6-7,10,18-20,27H,4-5,8-9,11-17,30H2,1H3;4,7,10-12,18-19,26H,1-3,5-6,8-9,13-17H2/p-1/t2*19-,27?;/m00./s1. The van der Waals surface area contributed by atoms with Crippen molar-refractivity contribution in [2.24, 2.45) is 28.5 Å². The number of likely N-dealkylation sites (tertiary alicyclic amines) is 2. The van der Waals surface area contributed by atoms with Crippen LogP contribution in [0.15, 0.2) is 115 Å². The molecule has 560 valence electrons. The average Bonchev–Trinajstić information content (AvgIpc) is 1.52. The molecule has 0 bridgehead atoms. The minimum absolute atomic E-state index is 0.00863. The number of hydrogen-bond donors (Lipinski definition) is 1. The zero-order chi connectivity index (χ0) is 74.0. The largest absolute Gasteiger partial charge is 0.870 e. The van der Waals surface area contributed by atoms with Gasteiger partial charge in [0.2, 0.25) is 29.5 Å². The van der Waals surface area contributed by atoms with E-state index in [2.05, 4.69) is 79.2 Å². The van der Waals surface area contributed by atoms with Gasteiger partial charge in [-0.2, -0.15) is 0 Å². The summed E-state index contributed by atoms with van der Waals surface area (Å²) in [5, 5.41) is 13.3. The van der Waals surface area contributed by atoms with Crippen molar-refractivity contribution >= 4 is 78.0 Å². The molecule has 5 amide bonds. The molecule has 9 aliphatic rings. The van der Waals surface area contributed by atoms with E-state index in [9.17, 15) is 29.1 Å². The molecule has 15 rings (SSSR count). The number of nitrogens with zero attached hydrogens (tertiary/aromatic N) is 12. The van der Waals surface area contributed by atoms with E-state index in [4.69, 9.17) is 63.3 Å². The molecule has 3 aromatic carbocycles. The second kappa shape index (κ2) is 35.8. The van der Waals surface area contributed by atoms with Crippen molar-refractivity contribution < 1.29 is 29.1 Å². The predicted molar refractivity (Wildman–Crippen MR) is 415 cm³/mol. The summed E-state index contributed by atoms with van der Waals surface area (Å²) < 4.78 is 0. The Labute approximate surface area is 642 Å². The van der Waals surface area contributed by atoms with Crippen LogP contribution in [0.2, 0.25) is 15.1 Å². The van der Waals surface area contributed by atoms with Crippen molar-refractivity contribution in [3.05, 3.63) is 192 Å². The third-order valence-electron chi connectivity index (χ3n) is 23.9. The first-order valence-electron chi connectivity index (χ1n) is 38.9. The molecule has 4 aliphatic carbocycles. The van der Waals surface area contributed by atoms with Crippen molar-refractivity contribution in [1.29, 1.82) is 0 Å². The van der Waals surface area contributed by atoms with Gasteiger partial charge < -0.3 is 40.3 Å². The number of benzene rings is 3. The molecule has 106 heavy (non-hydrogen) atoms. The monoisotopic (exact) mass is 1490 g/mol. The number of pyridine rings is 3. The minimum atomic E-state index is -0.829. The second-order valence-electron chi connectivity index (χ2n) is 30.7. The van der Waals surface area contributed by atoms with Crippen molar-refractivity contribution in [2.45, 2.75) is 160 Å². The lowest BCUT2D eigenvalue weighted by Crippen LogP contribution is -2.51. The van der Waals surface area contributed by atoms with E-state index >= 15 is 0 Å². The van der Waals surface area contributed by atoms with Crippen LogP contribution in [-0.4, -0.2) is 214 Å². The summed E-state index contributed by atoms with van der Waals surface area (Å²) in [6.45, 7) is 15.3. The van der Waals surface area contributed by atoms with Gasteiger partial charge >= 0.3 is 0 Å². The maximum Gasteiger partial charge on any atom is 0.246 e. The maximum absolute atomic E-state index is 13.2. The summed E-state index contributed by atoms with van der Waals surface area (Å²) in [5.41, 5.74) is 20.8. The van der Waals surface area contributed by atoms with Gasteiger partial charge in [0.05, 0.1) is 41.2 Å². The van der Waals surface area contributed by atoms with Gasteiger partial charge in [0.1, 0.15) is 13.9 Å². The van der Waals surface area contributed by atoms with Crippen LogP contribution in [-0.2, 0) is 62.5 Å². The molecule has 0 spiro atoms. The fourth-order valence-corrected chi connectivity index (χ4v) is 18.6. The van der Waals surface area contributed by atoms with Crippen molar-refractivity contribution in [3.8, 4) is 0 Å². The lowest BCUT2D eigenvalue weighted by atomic mass is 9.86. The van der Waals surface area contributed by atoms with Gasteiger partial charge in [-0.15, -0.1) is 0 Å². The van der Waals surface area contributed by atoms with E-state index in [-0.39, 0.29) is 47.7 Å². The van der Waals surface area contributed by atoms with Crippen molar-refractivity contribution in [1.82, 2.24) is 54.2 Å². The highest BCUT2D eigenvalue weighted by Gasteiger charge is 2.39. The van der Waals surface area contributed by atoms with Gasteiger partial charge in [-0.1, -0.05) is 96.3 Å². The van der Waals surface area contributed by atoms with Crippen LogP contribution in [0.25, 0.3) is 0 Å². The Balaban J connectivity index is 0.000000142. The fourth-order valence-electron chi connectivity index (χ4n) is 18.0. The topological polar surface area (TPSA) is 211 Å². The average molecular weight is 1490 g/mol. The van der Waals surface area contributed by atoms with Crippen LogP contribution < -0.4 is 10.8 Å². The number of aryl methyl sites for hydroxylation is 6. The zero-order valence-corrected chi connectivity index (χ0v) is 63.9. The summed E-state index contributed by atoms with van der Waals surface area (Å²) in [7, 11) is 5.08. The summed E-state index contributed by atoms with van der Waals surface area (Å²) in [6.07, 6.45) is 22.9. The van der Waals surface area contributed by atoms with Crippen molar-refractivity contribution in [3.63, 3.8) is 0 Å². The molecule has 5 atom stereocenters. The van der Waals surface area contributed by atoms with E-state index < -0.39 is 17.9 Å². The highest BCUT2D eigenvalue weighted by atomic mass is 35.5. The molecule has 23 heteroatoms. The lowest BCUT2D eigenvalue weighted by Gasteiger charge is -2.40. The zero-order valence-electron chi connectivity index (χ0n) is 61.7. The van der Waals surface area contributed by atoms with Crippen LogP contribution >= 0.6 is 34.8 Å². The fraction of sp³-hybridized carbons (Fsp3) is 0.530. The summed E-state index contributed by atoms with van der Waals surface area (Å²) >= 11 is 19.0. The quantitative estimate of drug-likeness (QED) is 0.0687. The third-order valence-corrected chi connectivity index (χ3v) is 24.6. The highest BCUT2D eigenvalue weighted by Crippen LogP contribution is 2.42. The van der Waals surface area contributed by atoms with Gasteiger partial charge in [-0.05, 0) is 213 Å². The van der Waals surface area contributed by atoms with Crippen LogP contribution in [0.5, 0.6) is 0 Å². The van der Waals surface area contributed by atoms with Gasteiger partial charge in [-0.3, -0.25) is 53.6 Å². The number of halogens is 3. The Hall–Kier alpha value is -7.30. The first-order valence-corrected chi connectivity index (χ1v) is 40.1. The van der Waals surface area contributed by atoms with Gasteiger partial charge in [-0.25, -0.2) is 0 Å². The number of amides is 5. The van der Waals surface area contributed by atoms with Crippen LogP contribution in [0, 0.1) is 17.8 Å². The van der Waals surface area contributed by atoms with Crippen LogP contribution in [0.4, 0.5) is 0 Å². The molecule has 3 aromatic heterocycles. The number of carbonyl (C=O) groups is 5. The van der Waals surface area contributed by atoms with Gasteiger partial charge in [0, 0.05) is 158 Å². The van der Waals surface area contributed by atoms with Crippen LogP contribution in [0.1, 0.15) is 176 Å². The van der Waals surface area contributed by atoms with Gasteiger partial charge in [0.25, 0.3) is 0 Å². The van der Waals surface area contributed by atoms with E-state index in [1.54, 1.807) is 18.7 Å². The molecule has 2 radical (unpaired) electrons. The molecular weight excluding hydrogens is 1390 g/mol. The van der Waals surface area contributed by atoms with Gasteiger partial charge in [0.15, 0.2) is 0 Å². The molecule has 3 unspecified atom stereocenters. The molecule has 5 aliphatic heterocycles. The number of rotatable bonds is 12. The molecule has 5 saturated heterocycles. The van der Waals surface area contributed by atoms with E-state index in [0.29, 0.717) is 69.9 Å². The molecule has 1 saturated carbocycles. The lowest BCUT2D eigenvalue weighted by molar-refractivity contribution is -0.208. The Morgan fingerprint density at radius 3 is 1.07 bits per heavy atom. The molecule has 2 N–H and O–H groups in total. The molecule has 6 fully saturated rings. The molecule has 8 heterocycles. The Morgan fingerprint density at radius 1 is 0.434 bits per heavy atom. The number of aromatic nitrogens is 3. The summed E-state index contributed by atoms with van der Waals surface area (Å²) in [6, 6.07) is 30.5.